The van der Waals surface area contributed by atoms with E-state index < -0.39 is 0 Å². The average molecular weight is 295 g/mol. The Bertz CT molecular complexity index is 447. The Kier molecular flexibility index (Phi) is 5.34. The van der Waals surface area contributed by atoms with Crippen molar-refractivity contribution in [1.82, 2.24) is 5.32 Å². The highest BCUT2D eigenvalue weighted by molar-refractivity contribution is 6.31. The Hall–Kier alpha value is -0.730. The van der Waals surface area contributed by atoms with Crippen molar-refractivity contribution >= 4 is 17.3 Å². The number of nitrogens with one attached hydrogen (secondary N) is 1. The fourth-order valence-corrected chi connectivity index (χ4v) is 3.42. The predicted molar refractivity (Wildman–Crippen MR) is 88.6 cm³/mol. The van der Waals surface area contributed by atoms with Crippen LogP contribution in [0.1, 0.15) is 39.7 Å². The summed E-state index contributed by atoms with van der Waals surface area (Å²) in [6, 6.07) is 7.11. The summed E-state index contributed by atoms with van der Waals surface area (Å²) in [7, 11) is 0. The van der Waals surface area contributed by atoms with Gasteiger partial charge >= 0.3 is 0 Å². The van der Waals surface area contributed by atoms with Crippen molar-refractivity contribution in [1.29, 1.82) is 0 Å². The molecule has 1 heterocycles. The zero-order valence-corrected chi connectivity index (χ0v) is 13.9. The van der Waals surface area contributed by atoms with E-state index in [1.807, 2.05) is 0 Å². The molecule has 1 fully saturated rings. The number of nitrogens with zero attached hydrogens (tertiary/aromatic N) is 1. The van der Waals surface area contributed by atoms with Crippen molar-refractivity contribution in [3.05, 3.63) is 28.8 Å². The van der Waals surface area contributed by atoms with Crippen LogP contribution in [0.2, 0.25) is 5.02 Å². The van der Waals surface area contributed by atoms with E-state index in [-0.39, 0.29) is 0 Å². The molecule has 3 atom stereocenters. The smallest absolute Gasteiger partial charge is 0.0471 e. The van der Waals surface area contributed by atoms with Crippen LogP contribution in [0.3, 0.4) is 0 Å². The van der Waals surface area contributed by atoms with Gasteiger partial charge in [0.15, 0.2) is 0 Å². The highest BCUT2D eigenvalue weighted by Crippen LogP contribution is 2.33. The van der Waals surface area contributed by atoms with Crippen LogP contribution in [0.4, 0.5) is 5.69 Å². The Morgan fingerprint density at radius 1 is 1.30 bits per heavy atom. The van der Waals surface area contributed by atoms with Crippen molar-refractivity contribution in [2.45, 2.75) is 46.7 Å². The van der Waals surface area contributed by atoms with Gasteiger partial charge in [-0.25, -0.2) is 0 Å². The van der Waals surface area contributed by atoms with Gasteiger partial charge < -0.3 is 10.2 Å². The summed E-state index contributed by atoms with van der Waals surface area (Å²) in [4.78, 5) is 2.52. The summed E-state index contributed by atoms with van der Waals surface area (Å²) in [6.45, 7) is 12.1. The molecule has 1 aromatic rings. The van der Waals surface area contributed by atoms with E-state index >= 15 is 0 Å². The standard InChI is InChI=1S/C17H27ClN2/c1-5-19-10-15-6-7-16(9-17(15)18)20-11-12(2)8-13(3)14(20)4/h6-7,9,12-14,19H,5,8,10-11H2,1-4H3. The number of benzene rings is 1. The van der Waals surface area contributed by atoms with Crippen LogP contribution in [0.5, 0.6) is 0 Å². The Morgan fingerprint density at radius 3 is 2.70 bits per heavy atom. The van der Waals surface area contributed by atoms with Gasteiger partial charge in [-0.2, -0.15) is 0 Å². The number of halogens is 1. The molecule has 0 saturated carbocycles. The summed E-state index contributed by atoms with van der Waals surface area (Å²) in [5.41, 5.74) is 2.45. The van der Waals surface area contributed by atoms with Crippen LogP contribution in [0, 0.1) is 11.8 Å². The van der Waals surface area contributed by atoms with Gasteiger partial charge in [0.05, 0.1) is 0 Å². The number of hydrogen-bond acceptors (Lipinski definition) is 2. The van der Waals surface area contributed by atoms with Crippen LogP contribution in [0.25, 0.3) is 0 Å². The van der Waals surface area contributed by atoms with Crippen LogP contribution >= 0.6 is 11.6 Å². The van der Waals surface area contributed by atoms with Crippen molar-refractivity contribution in [2.24, 2.45) is 11.8 Å². The first-order valence-electron chi connectivity index (χ1n) is 7.78. The quantitative estimate of drug-likeness (QED) is 0.889. The highest BCUT2D eigenvalue weighted by atomic mass is 35.5. The second-order valence-electron chi connectivity index (χ2n) is 6.27. The Labute approximate surface area is 128 Å². The molecule has 2 nitrogen and oxygen atoms in total. The third-order valence-corrected chi connectivity index (χ3v) is 4.88. The van der Waals surface area contributed by atoms with Crippen molar-refractivity contribution in [3.63, 3.8) is 0 Å². The molecule has 0 bridgehead atoms. The molecule has 1 N–H and O–H groups in total. The lowest BCUT2D eigenvalue weighted by atomic mass is 9.85. The largest absolute Gasteiger partial charge is 0.368 e. The van der Waals surface area contributed by atoms with E-state index in [4.69, 9.17) is 11.6 Å². The third kappa shape index (κ3) is 3.48. The van der Waals surface area contributed by atoms with Gasteiger partial charge in [0.25, 0.3) is 0 Å². The van der Waals surface area contributed by atoms with Crippen LogP contribution < -0.4 is 10.2 Å². The maximum absolute atomic E-state index is 6.44. The fraction of sp³-hybridized carbons (Fsp3) is 0.647. The number of hydrogen-bond donors (Lipinski definition) is 1. The first kappa shape index (κ1) is 15.7. The van der Waals surface area contributed by atoms with E-state index in [0.717, 1.165) is 36.5 Å². The van der Waals surface area contributed by atoms with Crippen LogP contribution in [-0.2, 0) is 6.54 Å². The van der Waals surface area contributed by atoms with E-state index in [1.54, 1.807) is 0 Å². The van der Waals surface area contributed by atoms with Gasteiger partial charge in [-0.15, -0.1) is 0 Å². The fourth-order valence-electron chi connectivity index (χ4n) is 3.17. The van der Waals surface area contributed by atoms with Gasteiger partial charge in [0, 0.05) is 29.8 Å². The van der Waals surface area contributed by atoms with Crippen molar-refractivity contribution in [3.8, 4) is 0 Å². The summed E-state index contributed by atoms with van der Waals surface area (Å²) in [5.74, 6) is 1.49. The predicted octanol–water partition coefficient (Wildman–Crippen LogP) is 4.32. The Balaban J connectivity index is 2.17. The van der Waals surface area contributed by atoms with Crippen LogP contribution in [-0.4, -0.2) is 19.1 Å². The summed E-state index contributed by atoms with van der Waals surface area (Å²) < 4.78 is 0. The Morgan fingerprint density at radius 2 is 2.05 bits per heavy atom. The van der Waals surface area contributed by atoms with Gasteiger partial charge in [-0.3, -0.25) is 0 Å². The lowest BCUT2D eigenvalue weighted by Crippen LogP contribution is -2.45. The van der Waals surface area contributed by atoms with Gasteiger partial charge in [0.1, 0.15) is 0 Å². The van der Waals surface area contributed by atoms with Gasteiger partial charge in [-0.05, 0) is 49.4 Å². The van der Waals surface area contributed by atoms with Crippen molar-refractivity contribution < 1.29 is 0 Å². The van der Waals surface area contributed by atoms with Crippen molar-refractivity contribution in [2.75, 3.05) is 18.0 Å². The molecule has 112 valence electrons. The normalized spacial score (nSPS) is 26.9. The molecular formula is C17H27ClN2. The molecule has 3 unspecified atom stereocenters. The van der Waals surface area contributed by atoms with E-state index in [2.05, 4.69) is 56.1 Å². The van der Waals surface area contributed by atoms with E-state index in [1.165, 1.54) is 17.7 Å². The number of anilines is 1. The molecule has 0 amide bonds. The zero-order chi connectivity index (χ0) is 14.7. The minimum absolute atomic E-state index is 0.585. The third-order valence-electron chi connectivity index (χ3n) is 4.53. The molecule has 0 aromatic heterocycles. The molecule has 20 heavy (non-hydrogen) atoms. The zero-order valence-electron chi connectivity index (χ0n) is 13.1. The maximum Gasteiger partial charge on any atom is 0.0471 e. The van der Waals surface area contributed by atoms with E-state index in [9.17, 15) is 0 Å². The molecule has 1 aromatic carbocycles. The molecule has 3 heteroatoms. The number of piperidine rings is 1. The summed E-state index contributed by atoms with van der Waals surface area (Å²) in [6.07, 6.45) is 1.32. The second kappa shape index (κ2) is 6.82. The molecule has 2 rings (SSSR count). The molecule has 0 aliphatic carbocycles. The molecule has 0 radical (unpaired) electrons. The first-order chi connectivity index (χ1) is 9.52. The van der Waals surface area contributed by atoms with Gasteiger partial charge in [0.2, 0.25) is 0 Å². The first-order valence-corrected chi connectivity index (χ1v) is 8.16. The minimum Gasteiger partial charge on any atom is -0.368 e. The second-order valence-corrected chi connectivity index (χ2v) is 6.67. The lowest BCUT2D eigenvalue weighted by molar-refractivity contribution is 0.297. The highest BCUT2D eigenvalue weighted by Gasteiger charge is 2.29. The average Bonchev–Trinajstić information content (AvgIpc) is 2.41. The van der Waals surface area contributed by atoms with Crippen LogP contribution in [0.15, 0.2) is 18.2 Å². The SMILES string of the molecule is CCNCc1ccc(N2CC(C)CC(C)C2C)cc1Cl. The molecule has 1 saturated heterocycles. The summed E-state index contributed by atoms with van der Waals surface area (Å²) in [5, 5.41) is 4.21. The lowest BCUT2D eigenvalue weighted by Gasteiger charge is -2.42. The van der Waals surface area contributed by atoms with Gasteiger partial charge in [-0.1, -0.05) is 38.4 Å². The van der Waals surface area contributed by atoms with E-state index in [0.29, 0.717) is 6.04 Å². The topological polar surface area (TPSA) is 15.3 Å². The molecule has 0 spiro atoms. The molecule has 1 aliphatic heterocycles. The molecular weight excluding hydrogens is 268 g/mol. The minimum atomic E-state index is 0.585. The molecule has 1 aliphatic rings. The maximum atomic E-state index is 6.44. The monoisotopic (exact) mass is 294 g/mol. The summed E-state index contributed by atoms with van der Waals surface area (Å²) >= 11 is 6.44. The number of rotatable bonds is 4.